The standard InChI is InChI=1S/C13H21NO4/c1-5-6-7-8-9-13(10(2)15,12(17)18-4)14-11(3)16/h7-8H,5-6,9H2,1-4H3,(H,14,16)/b8-7+. The van der Waals surface area contributed by atoms with Crippen molar-refractivity contribution in [3.05, 3.63) is 12.2 Å². The predicted molar refractivity (Wildman–Crippen MR) is 67.9 cm³/mol. The Morgan fingerprint density at radius 1 is 1.22 bits per heavy atom. The molecule has 0 aliphatic carbocycles. The molecule has 0 saturated heterocycles. The molecule has 1 amide bonds. The molecule has 0 aromatic carbocycles. The van der Waals surface area contributed by atoms with E-state index >= 15 is 0 Å². The van der Waals surface area contributed by atoms with E-state index in [1.54, 1.807) is 6.08 Å². The molecule has 1 atom stereocenters. The Kier molecular flexibility index (Phi) is 6.93. The van der Waals surface area contributed by atoms with Crippen molar-refractivity contribution in [2.75, 3.05) is 7.11 Å². The van der Waals surface area contributed by atoms with E-state index < -0.39 is 23.2 Å². The molecule has 1 unspecified atom stereocenters. The quantitative estimate of drug-likeness (QED) is 0.423. The number of Topliss-reactive ketones (excluding diaryl/α,β-unsaturated/α-hetero) is 1. The van der Waals surface area contributed by atoms with Crippen molar-refractivity contribution in [3.63, 3.8) is 0 Å². The first kappa shape index (κ1) is 16.4. The van der Waals surface area contributed by atoms with Gasteiger partial charge >= 0.3 is 5.97 Å². The Bertz CT molecular complexity index is 349. The summed E-state index contributed by atoms with van der Waals surface area (Å²) in [4.78, 5) is 34.7. The van der Waals surface area contributed by atoms with Crippen LogP contribution in [0.3, 0.4) is 0 Å². The smallest absolute Gasteiger partial charge is 0.339 e. The first-order valence-electron chi connectivity index (χ1n) is 5.94. The number of methoxy groups -OCH3 is 1. The normalized spacial score (nSPS) is 14.0. The highest BCUT2D eigenvalue weighted by molar-refractivity contribution is 6.10. The van der Waals surface area contributed by atoms with Gasteiger partial charge in [0.1, 0.15) is 0 Å². The maximum absolute atomic E-state index is 11.8. The van der Waals surface area contributed by atoms with E-state index in [0.717, 1.165) is 12.8 Å². The number of nitrogens with one attached hydrogen (secondary N) is 1. The van der Waals surface area contributed by atoms with Crippen molar-refractivity contribution in [1.82, 2.24) is 5.32 Å². The van der Waals surface area contributed by atoms with Gasteiger partial charge in [-0.3, -0.25) is 9.59 Å². The lowest BCUT2D eigenvalue weighted by Gasteiger charge is -2.27. The fourth-order valence-corrected chi connectivity index (χ4v) is 1.58. The van der Waals surface area contributed by atoms with Crippen LogP contribution in [0.4, 0.5) is 0 Å². The minimum atomic E-state index is -1.61. The molecule has 0 aromatic heterocycles. The summed E-state index contributed by atoms with van der Waals surface area (Å²) < 4.78 is 4.63. The second-order valence-electron chi connectivity index (χ2n) is 4.10. The molecule has 0 spiro atoms. The molecule has 0 bridgehead atoms. The lowest BCUT2D eigenvalue weighted by molar-refractivity contribution is -0.154. The van der Waals surface area contributed by atoms with Crippen molar-refractivity contribution in [2.45, 2.75) is 45.6 Å². The van der Waals surface area contributed by atoms with E-state index in [2.05, 4.69) is 10.1 Å². The van der Waals surface area contributed by atoms with Crippen molar-refractivity contribution in [2.24, 2.45) is 0 Å². The van der Waals surface area contributed by atoms with Gasteiger partial charge in [-0.05, 0) is 13.3 Å². The third kappa shape index (κ3) is 4.31. The molecule has 0 heterocycles. The summed E-state index contributed by atoms with van der Waals surface area (Å²) in [7, 11) is 1.19. The monoisotopic (exact) mass is 255 g/mol. The third-order valence-corrected chi connectivity index (χ3v) is 2.57. The van der Waals surface area contributed by atoms with Gasteiger partial charge in [-0.2, -0.15) is 0 Å². The summed E-state index contributed by atoms with van der Waals surface area (Å²) in [6, 6.07) is 0. The van der Waals surface area contributed by atoms with Crippen LogP contribution in [0.2, 0.25) is 0 Å². The van der Waals surface area contributed by atoms with Crippen molar-refractivity contribution >= 4 is 17.7 Å². The molecule has 102 valence electrons. The number of carbonyl (C=O) groups is 3. The summed E-state index contributed by atoms with van der Waals surface area (Å²) in [5.41, 5.74) is -1.61. The van der Waals surface area contributed by atoms with Crippen LogP contribution in [0.25, 0.3) is 0 Å². The Hall–Kier alpha value is -1.65. The van der Waals surface area contributed by atoms with Crippen LogP contribution in [0.1, 0.15) is 40.0 Å². The van der Waals surface area contributed by atoms with Gasteiger partial charge in [-0.15, -0.1) is 0 Å². The predicted octanol–water partition coefficient (Wildman–Crippen LogP) is 1.37. The maximum atomic E-state index is 11.8. The van der Waals surface area contributed by atoms with E-state index in [-0.39, 0.29) is 6.42 Å². The van der Waals surface area contributed by atoms with E-state index in [4.69, 9.17) is 0 Å². The molecule has 18 heavy (non-hydrogen) atoms. The number of hydrogen-bond donors (Lipinski definition) is 1. The molecule has 5 heteroatoms. The molecular weight excluding hydrogens is 234 g/mol. The Balaban J connectivity index is 5.14. The van der Waals surface area contributed by atoms with Crippen LogP contribution in [-0.2, 0) is 19.1 Å². The molecule has 1 N–H and O–H groups in total. The first-order valence-corrected chi connectivity index (χ1v) is 5.94. The van der Waals surface area contributed by atoms with Crippen LogP contribution >= 0.6 is 0 Å². The minimum Gasteiger partial charge on any atom is -0.467 e. The second-order valence-corrected chi connectivity index (χ2v) is 4.10. The number of rotatable bonds is 7. The van der Waals surface area contributed by atoms with Gasteiger partial charge in [0.2, 0.25) is 5.91 Å². The molecule has 0 aliphatic heterocycles. The largest absolute Gasteiger partial charge is 0.467 e. The van der Waals surface area contributed by atoms with Gasteiger partial charge in [0.25, 0.3) is 0 Å². The number of unbranched alkanes of at least 4 members (excludes halogenated alkanes) is 1. The SMILES string of the molecule is CCC/C=C/CC(NC(C)=O)(C(C)=O)C(=O)OC. The molecule has 5 nitrogen and oxygen atoms in total. The molecular formula is C13H21NO4. The number of carbonyl (C=O) groups excluding carboxylic acids is 3. The van der Waals surface area contributed by atoms with Gasteiger partial charge in [-0.1, -0.05) is 25.5 Å². The Labute approximate surface area is 108 Å². The molecule has 0 radical (unpaired) electrons. The number of ketones is 1. The fourth-order valence-electron chi connectivity index (χ4n) is 1.58. The van der Waals surface area contributed by atoms with Crippen molar-refractivity contribution < 1.29 is 19.1 Å². The van der Waals surface area contributed by atoms with Crippen LogP contribution < -0.4 is 5.32 Å². The van der Waals surface area contributed by atoms with Gasteiger partial charge in [0.05, 0.1) is 7.11 Å². The van der Waals surface area contributed by atoms with Crippen LogP contribution in [0.5, 0.6) is 0 Å². The Morgan fingerprint density at radius 3 is 2.22 bits per heavy atom. The van der Waals surface area contributed by atoms with Gasteiger partial charge in [0, 0.05) is 13.3 Å². The van der Waals surface area contributed by atoms with Gasteiger partial charge in [0.15, 0.2) is 11.3 Å². The lowest BCUT2D eigenvalue weighted by Crippen LogP contribution is -2.59. The number of esters is 1. The summed E-state index contributed by atoms with van der Waals surface area (Å²) in [5, 5.41) is 2.41. The number of amides is 1. The summed E-state index contributed by atoms with van der Waals surface area (Å²) in [6.45, 7) is 4.55. The minimum absolute atomic E-state index is 0.106. The van der Waals surface area contributed by atoms with E-state index in [9.17, 15) is 14.4 Å². The lowest BCUT2D eigenvalue weighted by atomic mass is 9.90. The fraction of sp³-hybridized carbons (Fsp3) is 0.615. The highest BCUT2D eigenvalue weighted by Crippen LogP contribution is 2.16. The maximum Gasteiger partial charge on any atom is 0.339 e. The molecule has 0 saturated carbocycles. The first-order chi connectivity index (χ1) is 8.40. The molecule has 0 aromatic rings. The highest BCUT2D eigenvalue weighted by Gasteiger charge is 2.44. The second kappa shape index (κ2) is 7.63. The molecule has 0 rings (SSSR count). The zero-order valence-electron chi connectivity index (χ0n) is 11.4. The number of ether oxygens (including phenoxy) is 1. The topological polar surface area (TPSA) is 72.5 Å². The van der Waals surface area contributed by atoms with Crippen molar-refractivity contribution in [1.29, 1.82) is 0 Å². The van der Waals surface area contributed by atoms with E-state index in [1.165, 1.54) is 21.0 Å². The molecule has 0 aliphatic rings. The summed E-state index contributed by atoms with van der Waals surface area (Å²) in [5.74, 6) is -1.63. The van der Waals surface area contributed by atoms with Gasteiger partial charge in [-0.25, -0.2) is 4.79 Å². The van der Waals surface area contributed by atoms with E-state index in [0.29, 0.717) is 0 Å². The van der Waals surface area contributed by atoms with E-state index in [1.807, 2.05) is 13.0 Å². The van der Waals surface area contributed by atoms with Crippen LogP contribution in [-0.4, -0.2) is 30.3 Å². The summed E-state index contributed by atoms with van der Waals surface area (Å²) >= 11 is 0. The zero-order valence-corrected chi connectivity index (χ0v) is 11.4. The number of allylic oxidation sites excluding steroid dienone is 1. The summed E-state index contributed by atoms with van der Waals surface area (Å²) in [6.07, 6.45) is 5.53. The number of hydrogen-bond acceptors (Lipinski definition) is 4. The third-order valence-electron chi connectivity index (χ3n) is 2.57. The average molecular weight is 255 g/mol. The zero-order chi connectivity index (χ0) is 14.2. The highest BCUT2D eigenvalue weighted by atomic mass is 16.5. The molecule has 0 fully saturated rings. The van der Waals surface area contributed by atoms with Gasteiger partial charge < -0.3 is 10.1 Å². The van der Waals surface area contributed by atoms with Crippen LogP contribution in [0.15, 0.2) is 12.2 Å². The average Bonchev–Trinajstić information content (AvgIpc) is 2.31. The van der Waals surface area contributed by atoms with Crippen molar-refractivity contribution in [3.8, 4) is 0 Å². The van der Waals surface area contributed by atoms with Crippen LogP contribution in [0, 0.1) is 0 Å². The Morgan fingerprint density at radius 2 is 1.83 bits per heavy atom.